The van der Waals surface area contributed by atoms with Crippen LogP contribution in [0.15, 0.2) is 0 Å². The zero-order valence-corrected chi connectivity index (χ0v) is 14.2. The molecule has 0 radical (unpaired) electrons. The van der Waals surface area contributed by atoms with E-state index >= 15 is 0 Å². The highest BCUT2D eigenvalue weighted by molar-refractivity contribution is 7.93. The Labute approximate surface area is 126 Å². The first-order chi connectivity index (χ1) is 9.33. The number of amides is 1. The van der Waals surface area contributed by atoms with E-state index in [1.807, 2.05) is 13.8 Å². The molecule has 1 amide bonds. The molecule has 1 saturated heterocycles. The van der Waals surface area contributed by atoms with Crippen LogP contribution < -0.4 is 0 Å². The van der Waals surface area contributed by atoms with Gasteiger partial charge in [0.1, 0.15) is 5.75 Å². The van der Waals surface area contributed by atoms with Crippen LogP contribution in [0.5, 0.6) is 0 Å². The van der Waals surface area contributed by atoms with E-state index in [0.29, 0.717) is 13.0 Å². The highest BCUT2D eigenvalue weighted by Gasteiger charge is 2.49. The third-order valence-corrected chi connectivity index (χ3v) is 6.92. The van der Waals surface area contributed by atoms with Crippen LogP contribution in [0.25, 0.3) is 0 Å². The number of carboxylic acid groups (broad SMARTS) is 1. The molecule has 0 aliphatic carbocycles. The van der Waals surface area contributed by atoms with Crippen molar-refractivity contribution in [2.24, 2.45) is 11.3 Å². The summed E-state index contributed by atoms with van der Waals surface area (Å²) in [7, 11) is -3.55. The van der Waals surface area contributed by atoms with Gasteiger partial charge in [0.05, 0.1) is 10.2 Å². The molecule has 1 rings (SSSR count). The van der Waals surface area contributed by atoms with Gasteiger partial charge in [-0.3, -0.25) is 9.59 Å². The summed E-state index contributed by atoms with van der Waals surface area (Å²) in [5.74, 6) is -2.11. The SMILES string of the molecule is CC(C)C1(C(=O)O)CCN(C(=O)CS(=O)(=O)C(C)(C)C)C1. The van der Waals surface area contributed by atoms with E-state index in [4.69, 9.17) is 0 Å². The second-order valence-corrected chi connectivity index (χ2v) is 9.80. The number of aliphatic carboxylic acids is 1. The van der Waals surface area contributed by atoms with Gasteiger partial charge in [-0.2, -0.15) is 0 Å². The third kappa shape index (κ3) is 3.39. The number of hydrogen-bond acceptors (Lipinski definition) is 4. The number of likely N-dealkylation sites (tertiary alicyclic amines) is 1. The van der Waals surface area contributed by atoms with E-state index in [1.165, 1.54) is 4.90 Å². The number of sulfone groups is 1. The highest BCUT2D eigenvalue weighted by Crippen LogP contribution is 2.38. The summed E-state index contributed by atoms with van der Waals surface area (Å²) in [5.41, 5.74) is -0.971. The van der Waals surface area contributed by atoms with Gasteiger partial charge in [-0.25, -0.2) is 8.42 Å². The molecule has 1 unspecified atom stereocenters. The van der Waals surface area contributed by atoms with Gasteiger partial charge in [0.25, 0.3) is 0 Å². The molecule has 0 saturated carbocycles. The van der Waals surface area contributed by atoms with Gasteiger partial charge in [-0.05, 0) is 33.1 Å². The Morgan fingerprint density at radius 2 is 1.81 bits per heavy atom. The molecular weight excluding hydrogens is 294 g/mol. The van der Waals surface area contributed by atoms with Crippen molar-refractivity contribution in [2.45, 2.75) is 45.8 Å². The lowest BCUT2D eigenvalue weighted by atomic mass is 9.76. The Bertz CT molecular complexity index is 532. The summed E-state index contributed by atoms with van der Waals surface area (Å²) in [4.78, 5) is 25.1. The van der Waals surface area contributed by atoms with Gasteiger partial charge >= 0.3 is 5.97 Å². The fourth-order valence-corrected chi connectivity index (χ4v) is 3.35. The highest BCUT2D eigenvalue weighted by atomic mass is 32.2. The zero-order valence-electron chi connectivity index (χ0n) is 13.3. The Morgan fingerprint density at radius 1 is 1.29 bits per heavy atom. The maximum Gasteiger partial charge on any atom is 0.311 e. The molecule has 0 aromatic carbocycles. The standard InChI is InChI=1S/C14H25NO5S/c1-10(2)14(12(17)18)6-7-15(9-14)11(16)8-21(19,20)13(3,4)5/h10H,6-9H2,1-5H3,(H,17,18). The van der Waals surface area contributed by atoms with Crippen LogP contribution >= 0.6 is 0 Å². The maximum absolute atomic E-state index is 12.2. The average molecular weight is 319 g/mol. The lowest BCUT2D eigenvalue weighted by molar-refractivity contribution is -0.151. The number of carboxylic acids is 1. The Balaban J connectivity index is 2.87. The van der Waals surface area contributed by atoms with Crippen molar-refractivity contribution in [1.82, 2.24) is 4.90 Å². The fraction of sp³-hybridized carbons (Fsp3) is 0.857. The summed E-state index contributed by atoms with van der Waals surface area (Å²) < 4.78 is 23.2. The van der Waals surface area contributed by atoms with Crippen molar-refractivity contribution in [1.29, 1.82) is 0 Å². The first-order valence-electron chi connectivity index (χ1n) is 7.07. The van der Waals surface area contributed by atoms with E-state index < -0.39 is 37.6 Å². The van der Waals surface area contributed by atoms with Crippen molar-refractivity contribution < 1.29 is 23.1 Å². The van der Waals surface area contributed by atoms with Crippen LogP contribution in [0.3, 0.4) is 0 Å². The molecule has 0 aromatic heterocycles. The molecule has 1 atom stereocenters. The first kappa shape index (κ1) is 17.9. The summed E-state index contributed by atoms with van der Waals surface area (Å²) in [5, 5.41) is 9.44. The number of nitrogens with zero attached hydrogens (tertiary/aromatic N) is 1. The second-order valence-electron chi connectivity index (χ2n) is 7.05. The van der Waals surface area contributed by atoms with Crippen molar-refractivity contribution >= 4 is 21.7 Å². The first-order valence-corrected chi connectivity index (χ1v) is 8.72. The Morgan fingerprint density at radius 3 is 2.14 bits per heavy atom. The molecule has 0 bridgehead atoms. The molecule has 21 heavy (non-hydrogen) atoms. The summed E-state index contributed by atoms with van der Waals surface area (Å²) in [6.45, 7) is 8.66. The molecule has 1 aliphatic heterocycles. The number of rotatable bonds is 4. The smallest absolute Gasteiger partial charge is 0.311 e. The van der Waals surface area contributed by atoms with Crippen molar-refractivity contribution in [3.8, 4) is 0 Å². The van der Waals surface area contributed by atoms with Gasteiger partial charge in [-0.1, -0.05) is 13.8 Å². The molecule has 0 aromatic rings. The fourth-order valence-electron chi connectivity index (χ4n) is 2.41. The van der Waals surface area contributed by atoms with Gasteiger partial charge in [0.2, 0.25) is 5.91 Å². The van der Waals surface area contributed by atoms with E-state index in [0.717, 1.165) is 0 Å². The van der Waals surface area contributed by atoms with E-state index in [1.54, 1.807) is 20.8 Å². The normalized spacial score (nSPS) is 23.6. The minimum Gasteiger partial charge on any atom is -0.481 e. The largest absolute Gasteiger partial charge is 0.481 e. The number of carbonyl (C=O) groups excluding carboxylic acids is 1. The Kier molecular flexibility index (Phi) is 4.77. The molecular formula is C14H25NO5S. The van der Waals surface area contributed by atoms with Crippen LogP contribution in [0, 0.1) is 11.3 Å². The minimum absolute atomic E-state index is 0.0818. The molecule has 6 nitrogen and oxygen atoms in total. The van der Waals surface area contributed by atoms with E-state index in [-0.39, 0.29) is 12.5 Å². The molecule has 0 spiro atoms. The minimum atomic E-state index is -3.55. The molecule has 1 aliphatic rings. The topological polar surface area (TPSA) is 91.8 Å². The van der Waals surface area contributed by atoms with Crippen LogP contribution in [-0.2, 0) is 19.4 Å². The van der Waals surface area contributed by atoms with Crippen LogP contribution in [-0.4, -0.2) is 53.9 Å². The molecule has 1 fully saturated rings. The third-order valence-electron chi connectivity index (χ3n) is 4.43. The summed E-state index contributed by atoms with van der Waals surface area (Å²) >= 11 is 0. The quantitative estimate of drug-likeness (QED) is 0.839. The van der Waals surface area contributed by atoms with E-state index in [9.17, 15) is 23.1 Å². The number of hydrogen-bond donors (Lipinski definition) is 1. The lowest BCUT2D eigenvalue weighted by Gasteiger charge is -2.29. The molecule has 1 heterocycles. The van der Waals surface area contributed by atoms with Crippen molar-refractivity contribution in [3.05, 3.63) is 0 Å². The zero-order chi connectivity index (χ0) is 16.6. The van der Waals surface area contributed by atoms with Crippen molar-refractivity contribution in [2.75, 3.05) is 18.8 Å². The number of carbonyl (C=O) groups is 2. The Hall–Kier alpha value is -1.11. The predicted octanol–water partition coefficient (Wildman–Crippen LogP) is 1.16. The van der Waals surface area contributed by atoms with Crippen LogP contribution in [0.2, 0.25) is 0 Å². The van der Waals surface area contributed by atoms with Gasteiger partial charge in [0.15, 0.2) is 9.84 Å². The van der Waals surface area contributed by atoms with E-state index in [2.05, 4.69) is 0 Å². The molecule has 7 heteroatoms. The van der Waals surface area contributed by atoms with Crippen LogP contribution in [0.4, 0.5) is 0 Å². The van der Waals surface area contributed by atoms with Crippen LogP contribution in [0.1, 0.15) is 41.0 Å². The molecule has 1 N–H and O–H groups in total. The lowest BCUT2D eigenvalue weighted by Crippen LogP contribution is -2.43. The van der Waals surface area contributed by atoms with Gasteiger partial charge in [0, 0.05) is 13.1 Å². The van der Waals surface area contributed by atoms with Gasteiger partial charge in [-0.15, -0.1) is 0 Å². The molecule has 122 valence electrons. The van der Waals surface area contributed by atoms with Crippen molar-refractivity contribution in [3.63, 3.8) is 0 Å². The maximum atomic E-state index is 12.2. The predicted molar refractivity (Wildman–Crippen MR) is 79.6 cm³/mol. The summed E-state index contributed by atoms with van der Waals surface area (Å²) in [6, 6.07) is 0. The average Bonchev–Trinajstić information content (AvgIpc) is 2.72. The van der Waals surface area contributed by atoms with Gasteiger partial charge < -0.3 is 10.0 Å². The second kappa shape index (κ2) is 5.59. The monoisotopic (exact) mass is 319 g/mol. The summed E-state index contributed by atoms with van der Waals surface area (Å²) in [6.07, 6.45) is 0.362.